The van der Waals surface area contributed by atoms with Crippen LogP contribution in [0.3, 0.4) is 0 Å². The predicted octanol–water partition coefficient (Wildman–Crippen LogP) is 6.53. The van der Waals surface area contributed by atoms with Crippen molar-refractivity contribution in [2.45, 2.75) is 54.4 Å². The number of likely N-dealkylation sites (tertiary alicyclic amines) is 1. The highest BCUT2D eigenvalue weighted by Gasteiger charge is 2.45. The summed E-state index contributed by atoms with van der Waals surface area (Å²) in [6.45, 7) is 13.2. The van der Waals surface area contributed by atoms with Gasteiger partial charge in [-0.2, -0.15) is 0 Å². The van der Waals surface area contributed by atoms with Crippen LogP contribution in [0.4, 0.5) is 0 Å². The van der Waals surface area contributed by atoms with E-state index in [0.717, 1.165) is 62.2 Å². The lowest BCUT2D eigenvalue weighted by molar-refractivity contribution is -0.0266. The average Bonchev–Trinajstić information content (AvgIpc) is 3.01. The Labute approximate surface area is 207 Å². The van der Waals surface area contributed by atoms with Gasteiger partial charge >= 0.3 is 0 Å². The van der Waals surface area contributed by atoms with E-state index < -0.39 is 11.1 Å². The van der Waals surface area contributed by atoms with Gasteiger partial charge in [0.2, 0.25) is 0 Å². The predicted molar refractivity (Wildman–Crippen MR) is 140 cm³/mol. The summed E-state index contributed by atoms with van der Waals surface area (Å²) in [7, 11) is 0. The fourth-order valence-electron chi connectivity index (χ4n) is 5.80. The Morgan fingerprint density at radius 3 is 2.29 bits per heavy atom. The number of hydrogen-bond donors (Lipinski definition) is 1. The van der Waals surface area contributed by atoms with Crippen molar-refractivity contribution >= 4 is 11.8 Å². The smallest absolute Gasteiger partial charge is 0.283 e. The van der Waals surface area contributed by atoms with E-state index >= 15 is 0 Å². The zero-order chi connectivity index (χ0) is 23.6. The lowest BCUT2D eigenvalue weighted by Crippen LogP contribution is -2.43. The number of hydrogen-bond acceptors (Lipinski definition) is 3. The molecule has 0 radical (unpaired) electrons. The molecule has 4 heteroatoms. The van der Waals surface area contributed by atoms with E-state index in [1.807, 2.05) is 23.9 Å². The maximum absolute atomic E-state index is 11.3. The van der Waals surface area contributed by atoms with Crippen molar-refractivity contribution in [1.29, 1.82) is 0 Å². The minimum absolute atomic E-state index is 0.631. The van der Waals surface area contributed by atoms with Crippen LogP contribution in [0, 0.1) is 13.5 Å². The molecule has 1 saturated heterocycles. The molecule has 0 spiro atoms. The first kappa shape index (κ1) is 23.2. The molecule has 5 rings (SSSR count). The molecule has 0 amide bonds. The summed E-state index contributed by atoms with van der Waals surface area (Å²) >= 11 is 1.85. The summed E-state index contributed by atoms with van der Waals surface area (Å²) in [5.74, 6) is 0.911. The van der Waals surface area contributed by atoms with Crippen LogP contribution in [0.25, 0.3) is 4.85 Å². The van der Waals surface area contributed by atoms with Gasteiger partial charge in [-0.25, -0.2) is 6.57 Å². The molecular formula is C30H32N2OS. The van der Waals surface area contributed by atoms with E-state index in [1.54, 1.807) is 0 Å². The van der Waals surface area contributed by atoms with Gasteiger partial charge in [0.1, 0.15) is 0 Å². The Kier molecular flexibility index (Phi) is 6.53. The molecule has 0 aliphatic carbocycles. The maximum atomic E-state index is 11.3. The number of piperidine rings is 1. The van der Waals surface area contributed by atoms with Crippen molar-refractivity contribution in [1.82, 2.24) is 4.90 Å². The van der Waals surface area contributed by atoms with Crippen molar-refractivity contribution in [3.05, 3.63) is 112 Å². The molecule has 3 aromatic carbocycles. The Balaban J connectivity index is 1.31. The molecule has 2 aliphatic heterocycles. The monoisotopic (exact) mass is 468 g/mol. The maximum Gasteiger partial charge on any atom is 0.283 e. The van der Waals surface area contributed by atoms with Crippen LogP contribution < -0.4 is 0 Å². The van der Waals surface area contributed by atoms with Crippen molar-refractivity contribution < 1.29 is 5.11 Å². The van der Waals surface area contributed by atoms with Gasteiger partial charge in [-0.1, -0.05) is 60.7 Å². The number of benzene rings is 3. The molecule has 2 heterocycles. The molecule has 1 atom stereocenters. The second kappa shape index (κ2) is 9.58. The van der Waals surface area contributed by atoms with Gasteiger partial charge in [-0.15, -0.1) is 11.8 Å². The third kappa shape index (κ3) is 4.18. The number of rotatable bonds is 5. The number of nitrogens with zero attached hydrogens (tertiary/aromatic N) is 2. The quantitative estimate of drug-likeness (QED) is 0.432. The Morgan fingerprint density at radius 2 is 1.56 bits per heavy atom. The molecule has 174 valence electrons. The van der Waals surface area contributed by atoms with Crippen LogP contribution in [0.5, 0.6) is 0 Å². The first-order valence-corrected chi connectivity index (χ1v) is 13.2. The zero-order valence-corrected chi connectivity index (χ0v) is 20.7. The first-order valence-electron chi connectivity index (χ1n) is 12.3. The van der Waals surface area contributed by atoms with Gasteiger partial charge in [-0.05, 0) is 61.6 Å². The molecule has 3 nitrogen and oxygen atoms in total. The van der Waals surface area contributed by atoms with Gasteiger partial charge in [0.05, 0.1) is 11.2 Å². The Bertz CT molecular complexity index is 1160. The molecule has 0 saturated carbocycles. The number of aryl methyl sites for hydroxylation is 1. The van der Waals surface area contributed by atoms with E-state index in [-0.39, 0.29) is 0 Å². The zero-order valence-electron chi connectivity index (χ0n) is 19.8. The van der Waals surface area contributed by atoms with Gasteiger partial charge in [-0.3, -0.25) is 4.85 Å². The van der Waals surface area contributed by atoms with Gasteiger partial charge in [0, 0.05) is 35.7 Å². The fraction of sp³-hybridized carbons (Fsp3) is 0.367. The summed E-state index contributed by atoms with van der Waals surface area (Å²) in [6.07, 6.45) is 3.28. The van der Waals surface area contributed by atoms with E-state index in [9.17, 15) is 5.11 Å². The summed E-state index contributed by atoms with van der Waals surface area (Å²) < 4.78 is 0. The first-order chi connectivity index (χ1) is 16.6. The number of aliphatic hydroxyl groups is 1. The SMILES string of the molecule is [C-]#[N+]C1(CCCN2CCC(O)(c3ccccc3C)CC2)c2ccccc2CSc2ccccc21. The highest BCUT2D eigenvalue weighted by atomic mass is 32.2. The summed E-state index contributed by atoms with van der Waals surface area (Å²) in [5.41, 5.74) is 4.50. The van der Waals surface area contributed by atoms with E-state index in [4.69, 9.17) is 6.57 Å². The number of thioether (sulfide) groups is 1. The summed E-state index contributed by atoms with van der Waals surface area (Å²) in [6, 6.07) is 25.2. The second-order valence-electron chi connectivity index (χ2n) is 9.71. The lowest BCUT2D eigenvalue weighted by atomic mass is 9.78. The van der Waals surface area contributed by atoms with E-state index in [2.05, 4.69) is 77.3 Å². The molecule has 0 aromatic heterocycles. The van der Waals surface area contributed by atoms with E-state index in [0.29, 0.717) is 0 Å². The van der Waals surface area contributed by atoms with Crippen LogP contribution in [0.1, 0.15) is 53.5 Å². The van der Waals surface area contributed by atoms with Crippen molar-refractivity contribution in [3.63, 3.8) is 0 Å². The van der Waals surface area contributed by atoms with Crippen LogP contribution >= 0.6 is 11.8 Å². The van der Waals surface area contributed by atoms with Gasteiger partial charge in [0.25, 0.3) is 5.54 Å². The summed E-state index contributed by atoms with van der Waals surface area (Å²) in [5, 5.41) is 11.3. The molecule has 1 unspecified atom stereocenters. The normalized spacial score (nSPS) is 21.7. The fourth-order valence-corrected chi connectivity index (χ4v) is 6.93. The third-order valence-corrected chi connectivity index (χ3v) is 8.83. The van der Waals surface area contributed by atoms with Gasteiger partial charge < -0.3 is 10.0 Å². The third-order valence-electron chi connectivity index (χ3n) is 7.71. The average molecular weight is 469 g/mol. The summed E-state index contributed by atoms with van der Waals surface area (Å²) in [4.78, 5) is 8.05. The molecule has 34 heavy (non-hydrogen) atoms. The minimum Gasteiger partial charge on any atom is -0.385 e. The highest BCUT2D eigenvalue weighted by Crippen LogP contribution is 2.48. The number of fused-ring (bicyclic) bond motifs is 2. The standard InChI is InChI=1S/C30H32N2OS/c1-23-10-3-5-12-25(23)29(33)17-20-32(21-18-29)19-9-16-30(31-2)26-13-6-4-11-24(26)22-34-28-15-8-7-14-27(28)30/h3-8,10-15,33H,9,16-22H2,1H3. The van der Waals surface area contributed by atoms with Crippen LogP contribution in [0.15, 0.2) is 77.7 Å². The minimum atomic E-state index is -0.726. The largest absolute Gasteiger partial charge is 0.385 e. The van der Waals surface area contributed by atoms with Crippen LogP contribution in [-0.4, -0.2) is 29.6 Å². The van der Waals surface area contributed by atoms with E-state index in [1.165, 1.54) is 21.6 Å². The van der Waals surface area contributed by atoms with Crippen LogP contribution in [0.2, 0.25) is 0 Å². The molecule has 1 fully saturated rings. The van der Waals surface area contributed by atoms with Crippen molar-refractivity contribution in [2.24, 2.45) is 0 Å². The van der Waals surface area contributed by atoms with Crippen LogP contribution in [-0.2, 0) is 16.9 Å². The lowest BCUT2D eigenvalue weighted by Gasteiger charge is -2.39. The molecule has 1 N–H and O–H groups in total. The van der Waals surface area contributed by atoms with Gasteiger partial charge in [0.15, 0.2) is 0 Å². The Morgan fingerprint density at radius 1 is 0.912 bits per heavy atom. The topological polar surface area (TPSA) is 27.8 Å². The second-order valence-corrected chi connectivity index (χ2v) is 10.7. The van der Waals surface area contributed by atoms with Crippen molar-refractivity contribution in [2.75, 3.05) is 19.6 Å². The highest BCUT2D eigenvalue weighted by molar-refractivity contribution is 7.98. The van der Waals surface area contributed by atoms with Crippen molar-refractivity contribution in [3.8, 4) is 0 Å². The molecule has 3 aromatic rings. The Hall–Kier alpha value is -2.58. The molecule has 0 bridgehead atoms. The molecule has 2 aliphatic rings. The molecular weight excluding hydrogens is 436 g/mol.